The Bertz CT molecular complexity index is 648. The molecule has 6 heteroatoms. The molecule has 0 unspecified atom stereocenters. The van der Waals surface area contributed by atoms with Crippen LogP contribution in [0.25, 0.3) is 16.7 Å². The van der Waals surface area contributed by atoms with Gasteiger partial charge in [-0.2, -0.15) is 15.2 Å². The molecule has 3 rings (SSSR count). The lowest BCUT2D eigenvalue weighted by atomic mass is 10.3. The van der Waals surface area contributed by atoms with Crippen molar-refractivity contribution in [3.05, 3.63) is 41.9 Å². The van der Waals surface area contributed by atoms with Crippen LogP contribution in [0.15, 0.2) is 36.7 Å². The minimum absolute atomic E-state index is 0.108. The Balaban J connectivity index is 2.26. The van der Waals surface area contributed by atoms with Gasteiger partial charge in [-0.3, -0.25) is 0 Å². The number of hydrogen-bond donors (Lipinski definition) is 0. The van der Waals surface area contributed by atoms with Crippen LogP contribution in [-0.4, -0.2) is 25.0 Å². The first-order valence-corrected chi connectivity index (χ1v) is 5.01. The Labute approximate surface area is 95.7 Å². The minimum Gasteiger partial charge on any atom is -0.213 e. The van der Waals surface area contributed by atoms with Gasteiger partial charge in [0.25, 0.3) is 0 Å². The standard InChI is InChI=1S/C10H6ClN5/c11-10-14-9(6-12-15-10)16-8-4-2-1-3-7(8)5-13-16/h1-6H. The predicted molar refractivity (Wildman–Crippen MR) is 59.5 cm³/mol. The lowest BCUT2D eigenvalue weighted by molar-refractivity contribution is 0.834. The van der Waals surface area contributed by atoms with Crippen molar-refractivity contribution < 1.29 is 0 Å². The van der Waals surface area contributed by atoms with E-state index >= 15 is 0 Å². The molecular formula is C10H6ClN5. The number of benzene rings is 1. The predicted octanol–water partition coefficient (Wildman–Crippen LogP) is 1.86. The summed E-state index contributed by atoms with van der Waals surface area (Å²) in [6.45, 7) is 0. The van der Waals surface area contributed by atoms with Crippen molar-refractivity contribution in [2.45, 2.75) is 0 Å². The molecule has 0 aliphatic rings. The molecule has 3 aromatic rings. The van der Waals surface area contributed by atoms with Crippen LogP contribution in [0.2, 0.25) is 5.28 Å². The number of para-hydroxylation sites is 1. The van der Waals surface area contributed by atoms with E-state index in [0.29, 0.717) is 5.82 Å². The van der Waals surface area contributed by atoms with Crippen molar-refractivity contribution in [2.75, 3.05) is 0 Å². The van der Waals surface area contributed by atoms with Crippen molar-refractivity contribution in [1.29, 1.82) is 0 Å². The molecule has 0 atom stereocenters. The van der Waals surface area contributed by atoms with Crippen LogP contribution in [0.4, 0.5) is 0 Å². The maximum Gasteiger partial charge on any atom is 0.244 e. The highest BCUT2D eigenvalue weighted by atomic mass is 35.5. The van der Waals surface area contributed by atoms with E-state index in [1.807, 2.05) is 24.3 Å². The van der Waals surface area contributed by atoms with Crippen LogP contribution in [0, 0.1) is 0 Å². The summed E-state index contributed by atoms with van der Waals surface area (Å²) >= 11 is 5.69. The first kappa shape index (κ1) is 9.23. The van der Waals surface area contributed by atoms with Gasteiger partial charge in [0, 0.05) is 5.39 Å². The lowest BCUT2D eigenvalue weighted by Crippen LogP contribution is -2.01. The molecular weight excluding hydrogens is 226 g/mol. The van der Waals surface area contributed by atoms with Crippen LogP contribution in [0.3, 0.4) is 0 Å². The summed E-state index contributed by atoms with van der Waals surface area (Å²) in [6.07, 6.45) is 3.29. The molecule has 2 heterocycles. The van der Waals surface area contributed by atoms with E-state index in [2.05, 4.69) is 20.3 Å². The highest BCUT2D eigenvalue weighted by Crippen LogP contribution is 2.16. The minimum atomic E-state index is 0.108. The van der Waals surface area contributed by atoms with Gasteiger partial charge in [-0.25, -0.2) is 4.68 Å². The number of hydrogen-bond acceptors (Lipinski definition) is 4. The molecule has 1 aromatic carbocycles. The van der Waals surface area contributed by atoms with Crippen molar-refractivity contribution in [3.8, 4) is 5.82 Å². The summed E-state index contributed by atoms with van der Waals surface area (Å²) in [6, 6.07) is 7.84. The fourth-order valence-electron chi connectivity index (χ4n) is 1.53. The topological polar surface area (TPSA) is 56.5 Å². The molecule has 0 spiro atoms. The van der Waals surface area contributed by atoms with Crippen molar-refractivity contribution >= 4 is 22.5 Å². The van der Waals surface area contributed by atoms with Crippen LogP contribution in [0.1, 0.15) is 0 Å². The zero-order chi connectivity index (χ0) is 11.0. The van der Waals surface area contributed by atoms with Gasteiger partial charge in [0.2, 0.25) is 5.28 Å². The van der Waals surface area contributed by atoms with Crippen LogP contribution in [0.5, 0.6) is 0 Å². The summed E-state index contributed by atoms with van der Waals surface area (Å²) in [5.74, 6) is 0.557. The summed E-state index contributed by atoms with van der Waals surface area (Å²) in [4.78, 5) is 4.06. The Kier molecular flexibility index (Phi) is 2.04. The van der Waals surface area contributed by atoms with E-state index < -0.39 is 0 Å². The molecule has 2 aromatic heterocycles. The van der Waals surface area contributed by atoms with Gasteiger partial charge in [-0.15, -0.1) is 5.10 Å². The van der Waals surface area contributed by atoms with E-state index in [1.54, 1.807) is 10.9 Å². The number of fused-ring (bicyclic) bond motifs is 1. The van der Waals surface area contributed by atoms with Gasteiger partial charge in [0.15, 0.2) is 5.82 Å². The average Bonchev–Trinajstić information content (AvgIpc) is 2.72. The second-order valence-corrected chi connectivity index (χ2v) is 3.54. The summed E-state index contributed by atoms with van der Waals surface area (Å²) in [5.41, 5.74) is 0.957. The fourth-order valence-corrected chi connectivity index (χ4v) is 1.66. The van der Waals surface area contributed by atoms with Crippen LogP contribution < -0.4 is 0 Å². The zero-order valence-electron chi connectivity index (χ0n) is 8.08. The number of nitrogens with zero attached hydrogens (tertiary/aromatic N) is 5. The van der Waals surface area contributed by atoms with Crippen LogP contribution in [-0.2, 0) is 0 Å². The largest absolute Gasteiger partial charge is 0.244 e. The molecule has 0 saturated carbocycles. The lowest BCUT2D eigenvalue weighted by Gasteiger charge is -2.00. The highest BCUT2D eigenvalue weighted by molar-refractivity contribution is 6.28. The smallest absolute Gasteiger partial charge is 0.213 e. The second-order valence-electron chi connectivity index (χ2n) is 3.20. The van der Waals surface area contributed by atoms with Crippen molar-refractivity contribution in [1.82, 2.24) is 25.0 Å². The van der Waals surface area contributed by atoms with E-state index in [-0.39, 0.29) is 5.28 Å². The molecule has 5 nitrogen and oxygen atoms in total. The van der Waals surface area contributed by atoms with Crippen LogP contribution >= 0.6 is 11.6 Å². The molecule has 0 saturated heterocycles. The molecule has 0 radical (unpaired) electrons. The molecule has 0 amide bonds. The van der Waals surface area contributed by atoms with E-state index in [9.17, 15) is 0 Å². The Hall–Kier alpha value is -2.01. The third-order valence-electron chi connectivity index (χ3n) is 2.21. The summed E-state index contributed by atoms with van der Waals surface area (Å²) in [5, 5.41) is 12.7. The quantitative estimate of drug-likeness (QED) is 0.642. The molecule has 78 valence electrons. The Morgan fingerprint density at radius 1 is 1.12 bits per heavy atom. The summed E-state index contributed by atoms with van der Waals surface area (Å²) in [7, 11) is 0. The third kappa shape index (κ3) is 1.42. The maximum absolute atomic E-state index is 5.69. The van der Waals surface area contributed by atoms with Gasteiger partial charge in [-0.1, -0.05) is 18.2 Å². The van der Waals surface area contributed by atoms with Gasteiger partial charge < -0.3 is 0 Å². The monoisotopic (exact) mass is 231 g/mol. The number of halogens is 1. The molecule has 0 fully saturated rings. The van der Waals surface area contributed by atoms with E-state index in [4.69, 9.17) is 11.6 Å². The highest BCUT2D eigenvalue weighted by Gasteiger charge is 2.06. The van der Waals surface area contributed by atoms with Gasteiger partial charge >= 0.3 is 0 Å². The maximum atomic E-state index is 5.69. The first-order valence-electron chi connectivity index (χ1n) is 4.63. The molecule has 0 bridgehead atoms. The van der Waals surface area contributed by atoms with Gasteiger partial charge in [-0.05, 0) is 17.7 Å². The zero-order valence-corrected chi connectivity index (χ0v) is 8.83. The number of aromatic nitrogens is 5. The Morgan fingerprint density at radius 2 is 2.00 bits per heavy atom. The SMILES string of the molecule is Clc1nncc(-n2ncc3ccccc32)n1. The van der Waals surface area contributed by atoms with E-state index in [1.165, 1.54) is 6.20 Å². The number of rotatable bonds is 1. The molecule has 16 heavy (non-hydrogen) atoms. The molecule has 0 aliphatic carbocycles. The van der Waals surface area contributed by atoms with Gasteiger partial charge in [0.05, 0.1) is 17.9 Å². The summed E-state index contributed by atoms with van der Waals surface area (Å²) < 4.78 is 1.68. The first-order chi connectivity index (χ1) is 7.84. The van der Waals surface area contributed by atoms with Crippen molar-refractivity contribution in [2.24, 2.45) is 0 Å². The normalized spacial score (nSPS) is 10.8. The third-order valence-corrected chi connectivity index (χ3v) is 2.37. The molecule has 0 aliphatic heterocycles. The Morgan fingerprint density at radius 3 is 2.88 bits per heavy atom. The second kappa shape index (κ2) is 3.53. The molecule has 0 N–H and O–H groups in total. The van der Waals surface area contributed by atoms with Crippen molar-refractivity contribution in [3.63, 3.8) is 0 Å². The van der Waals surface area contributed by atoms with Gasteiger partial charge in [0.1, 0.15) is 0 Å². The van der Waals surface area contributed by atoms with E-state index in [0.717, 1.165) is 10.9 Å². The fraction of sp³-hybridized carbons (Fsp3) is 0. The average molecular weight is 232 g/mol.